The van der Waals surface area contributed by atoms with Crippen molar-refractivity contribution in [3.63, 3.8) is 0 Å². The monoisotopic (exact) mass is 737 g/mol. The fraction of sp³-hybridized carbons (Fsp3) is 0.878. The molecule has 0 heterocycles. The number of rotatable bonds is 25. The molecule has 4 aliphatic carbocycles. The third-order valence-electron chi connectivity index (χ3n) is 15.3. The van der Waals surface area contributed by atoms with E-state index in [0.717, 1.165) is 67.6 Å². The molecule has 53 heavy (non-hydrogen) atoms. The molecule has 3 saturated carbocycles. The summed E-state index contributed by atoms with van der Waals surface area (Å²) in [5, 5.41) is 9.61. The number of hydrogen-bond donors (Lipinski definition) is 1. The van der Waals surface area contributed by atoms with Crippen LogP contribution in [0.5, 0.6) is 0 Å². The average Bonchev–Trinajstić information content (AvgIpc) is 3.48. The van der Waals surface area contributed by atoms with Crippen LogP contribution >= 0.6 is 0 Å². The molecule has 5 unspecified atom stereocenters. The molecule has 0 spiro atoms. The molecule has 0 aromatic rings. The van der Waals surface area contributed by atoms with Crippen LogP contribution in [0, 0.1) is 52.3 Å². The van der Waals surface area contributed by atoms with E-state index in [0.29, 0.717) is 5.41 Å². The van der Waals surface area contributed by atoms with Gasteiger partial charge in [-0.05, 0) is 104 Å². The average molecular weight is 737 g/mol. The molecule has 0 radical (unpaired) electrons. The van der Waals surface area contributed by atoms with E-state index < -0.39 is 11.9 Å². The van der Waals surface area contributed by atoms with Crippen molar-refractivity contribution in [3.8, 4) is 0 Å². The zero-order valence-corrected chi connectivity index (χ0v) is 35.6. The minimum absolute atomic E-state index is 0.134. The zero-order chi connectivity index (χ0) is 38.3. The second-order valence-corrected chi connectivity index (χ2v) is 19.6. The molecule has 3 fully saturated rings. The predicted octanol–water partition coefficient (Wildman–Crippen LogP) is 14.5. The number of unbranched alkanes of at least 4 members (excludes halogenated alkanes) is 14. The first kappa shape index (κ1) is 44.1. The first-order valence-corrected chi connectivity index (χ1v) is 23.3. The van der Waals surface area contributed by atoms with Crippen LogP contribution in [0.4, 0.5) is 0 Å². The first-order chi connectivity index (χ1) is 25.5. The molecule has 9 atom stereocenters. The van der Waals surface area contributed by atoms with Gasteiger partial charge in [-0.1, -0.05) is 168 Å². The second kappa shape index (κ2) is 22.2. The Morgan fingerprint density at radius 2 is 1.45 bits per heavy atom. The normalized spacial score (nSPS) is 30.8. The smallest absolute Gasteiger partial charge is 0.313 e. The van der Waals surface area contributed by atoms with Crippen LogP contribution in [0.2, 0.25) is 0 Å². The van der Waals surface area contributed by atoms with Gasteiger partial charge in [0.25, 0.3) is 0 Å². The van der Waals surface area contributed by atoms with E-state index in [1.165, 1.54) is 140 Å². The highest BCUT2D eigenvalue weighted by Gasteiger charge is 2.59. The van der Waals surface area contributed by atoms with Crippen LogP contribution in [0.25, 0.3) is 0 Å². The minimum atomic E-state index is -0.936. The van der Waals surface area contributed by atoms with Gasteiger partial charge in [0, 0.05) is 6.42 Å². The highest BCUT2D eigenvalue weighted by molar-refractivity contribution is 5.80. The molecular formula is C49H84O4. The molecular weight excluding hydrogens is 653 g/mol. The summed E-state index contributed by atoms with van der Waals surface area (Å²) in [6.07, 6.45) is 39.4. The van der Waals surface area contributed by atoms with Gasteiger partial charge in [-0.25, -0.2) is 0 Å². The summed E-state index contributed by atoms with van der Waals surface area (Å²) < 4.78 is 6.14. The maximum absolute atomic E-state index is 13.4. The summed E-state index contributed by atoms with van der Waals surface area (Å²) in [4.78, 5) is 25.1. The van der Waals surface area contributed by atoms with Crippen LogP contribution in [-0.2, 0) is 14.3 Å². The number of carbonyl (C=O) groups is 2. The van der Waals surface area contributed by atoms with E-state index >= 15 is 0 Å². The Morgan fingerprint density at radius 3 is 2.08 bits per heavy atom. The third-order valence-corrected chi connectivity index (χ3v) is 15.3. The number of carbonyl (C=O) groups excluding carboxylic acids is 1. The van der Waals surface area contributed by atoms with Gasteiger partial charge in [0.1, 0.15) is 6.10 Å². The van der Waals surface area contributed by atoms with Gasteiger partial charge >= 0.3 is 11.9 Å². The lowest BCUT2D eigenvalue weighted by Crippen LogP contribution is -2.51. The molecule has 0 aromatic heterocycles. The number of aliphatic carboxylic acids is 1. The second-order valence-electron chi connectivity index (χ2n) is 19.6. The Kier molecular flexibility index (Phi) is 18.5. The van der Waals surface area contributed by atoms with Crippen molar-refractivity contribution in [3.05, 3.63) is 23.8 Å². The lowest BCUT2D eigenvalue weighted by Gasteiger charge is -2.58. The fourth-order valence-corrected chi connectivity index (χ4v) is 12.1. The lowest BCUT2D eigenvalue weighted by atomic mass is 9.47. The summed E-state index contributed by atoms with van der Waals surface area (Å²) in [5.41, 5.74) is 2.22. The number of esters is 1. The molecule has 0 bridgehead atoms. The number of carboxylic acids is 1. The summed E-state index contributed by atoms with van der Waals surface area (Å²) >= 11 is 0. The minimum Gasteiger partial charge on any atom is -0.481 e. The molecule has 4 rings (SSSR count). The van der Waals surface area contributed by atoms with E-state index in [-0.39, 0.29) is 23.9 Å². The topological polar surface area (TPSA) is 63.6 Å². The van der Waals surface area contributed by atoms with Gasteiger partial charge in [-0.2, -0.15) is 0 Å². The van der Waals surface area contributed by atoms with Crippen molar-refractivity contribution in [2.45, 2.75) is 221 Å². The van der Waals surface area contributed by atoms with E-state index in [1.54, 1.807) is 0 Å². The zero-order valence-electron chi connectivity index (χ0n) is 35.6. The van der Waals surface area contributed by atoms with Crippen LogP contribution in [0.3, 0.4) is 0 Å². The Labute approximate surface area is 327 Å². The van der Waals surface area contributed by atoms with Crippen LogP contribution in [0.1, 0.15) is 215 Å². The molecule has 1 N–H and O–H groups in total. The largest absolute Gasteiger partial charge is 0.481 e. The predicted molar refractivity (Wildman–Crippen MR) is 223 cm³/mol. The van der Waals surface area contributed by atoms with Crippen molar-refractivity contribution in [1.29, 1.82) is 0 Å². The van der Waals surface area contributed by atoms with Crippen LogP contribution in [0.15, 0.2) is 23.8 Å². The molecule has 4 heteroatoms. The van der Waals surface area contributed by atoms with Gasteiger partial charge in [0.05, 0.1) is 12.3 Å². The molecule has 0 amide bonds. The quantitative estimate of drug-likeness (QED) is 0.0576. The summed E-state index contributed by atoms with van der Waals surface area (Å²) in [6.45, 7) is 14.8. The molecule has 0 aliphatic heterocycles. The van der Waals surface area contributed by atoms with Crippen molar-refractivity contribution >= 4 is 11.9 Å². The maximum Gasteiger partial charge on any atom is 0.313 e. The summed E-state index contributed by atoms with van der Waals surface area (Å²) in [7, 11) is 0. The highest BCUT2D eigenvalue weighted by Crippen LogP contribution is 2.67. The van der Waals surface area contributed by atoms with Gasteiger partial charge in [0.15, 0.2) is 0 Å². The number of hydrogen-bond acceptors (Lipinski definition) is 3. The van der Waals surface area contributed by atoms with Crippen molar-refractivity contribution in [1.82, 2.24) is 0 Å². The van der Waals surface area contributed by atoms with Gasteiger partial charge in [-0.15, -0.1) is 0 Å². The molecule has 0 aromatic carbocycles. The molecule has 4 nitrogen and oxygen atoms in total. The van der Waals surface area contributed by atoms with E-state index in [2.05, 4.69) is 47.6 Å². The van der Waals surface area contributed by atoms with Crippen molar-refractivity contribution < 1.29 is 19.4 Å². The lowest BCUT2D eigenvalue weighted by molar-refractivity contribution is -0.157. The van der Waals surface area contributed by atoms with Gasteiger partial charge in [-0.3, -0.25) is 9.59 Å². The van der Waals surface area contributed by atoms with Gasteiger partial charge in [0.2, 0.25) is 0 Å². The Bertz CT molecular complexity index is 1150. The van der Waals surface area contributed by atoms with E-state index in [4.69, 9.17) is 4.74 Å². The van der Waals surface area contributed by atoms with Crippen molar-refractivity contribution in [2.24, 2.45) is 52.3 Å². The third kappa shape index (κ3) is 12.7. The molecule has 0 saturated heterocycles. The summed E-state index contributed by atoms with van der Waals surface area (Å²) in [5.74, 6) is 2.91. The van der Waals surface area contributed by atoms with E-state index in [9.17, 15) is 14.7 Å². The van der Waals surface area contributed by atoms with Gasteiger partial charge < -0.3 is 9.84 Å². The Morgan fingerprint density at radius 1 is 0.811 bits per heavy atom. The first-order valence-electron chi connectivity index (χ1n) is 23.3. The number of fused-ring (bicyclic) bond motifs is 5. The van der Waals surface area contributed by atoms with Crippen LogP contribution in [-0.4, -0.2) is 23.1 Å². The fourth-order valence-electron chi connectivity index (χ4n) is 12.1. The number of allylic oxidation sites excluding steroid dienone is 2. The Hall–Kier alpha value is -1.58. The SMILES string of the molecule is CCCCCCCCCCCCCCCCC=CC(CC(=O)O)C(=O)OC1CC[C@@]2(C)C(=CCC3C2CC[C@@]2(C)C3CC[C@@H]2[C@H](C)CCCC(C)C)C1. The van der Waals surface area contributed by atoms with Crippen molar-refractivity contribution in [2.75, 3.05) is 0 Å². The Balaban J connectivity index is 1.18. The number of ether oxygens (including phenoxy) is 1. The molecule has 304 valence electrons. The number of carboxylic acid groups (broad SMARTS) is 1. The summed E-state index contributed by atoms with van der Waals surface area (Å²) in [6, 6.07) is 0. The van der Waals surface area contributed by atoms with Crippen LogP contribution < -0.4 is 0 Å². The maximum atomic E-state index is 13.4. The molecule has 4 aliphatic rings. The van der Waals surface area contributed by atoms with E-state index in [1.807, 2.05) is 12.2 Å². The standard InChI is InChI=1S/C49H84O4/c1-7-8-9-10-11-12-13-14-15-16-17-18-19-20-21-22-26-39(35-46(50)51)47(52)53-41-31-33-48(5)40(36-41)27-28-42-44-30-29-43(38(4)25-23-24-37(2)3)49(44,6)34-32-45(42)48/h22,26-27,37-39,41-45H,7-21,23-25,28-36H2,1-6H3,(H,50,51)/t38-,39?,41?,42?,43-,44?,45?,48+,49-/m1/s1. The highest BCUT2D eigenvalue weighted by atomic mass is 16.5.